The van der Waals surface area contributed by atoms with Crippen LogP contribution in [0.3, 0.4) is 0 Å². The topological polar surface area (TPSA) is 26.3 Å². The minimum atomic E-state index is -0.104. The minimum absolute atomic E-state index is 0.104. The lowest BCUT2D eigenvalue weighted by atomic mass is 10.2. The number of carbonyl (C=O) groups is 1. The number of benzene rings is 1. The van der Waals surface area contributed by atoms with Crippen molar-refractivity contribution in [3.8, 4) is 0 Å². The summed E-state index contributed by atoms with van der Waals surface area (Å²) in [5.41, 5.74) is 0.827. The lowest BCUT2D eigenvalue weighted by molar-refractivity contribution is -0.112. The average Bonchev–Trinajstić information content (AvgIpc) is 2.28. The summed E-state index contributed by atoms with van der Waals surface area (Å²) in [6.07, 6.45) is 4.59. The summed E-state index contributed by atoms with van der Waals surface area (Å²) in [6, 6.07) is 5.17. The summed E-state index contributed by atoms with van der Waals surface area (Å²) in [4.78, 5) is 11.2. The van der Waals surface area contributed by atoms with Crippen molar-refractivity contribution in [2.75, 3.05) is 13.7 Å². The Morgan fingerprint density at radius 1 is 1.38 bits per heavy atom. The van der Waals surface area contributed by atoms with Gasteiger partial charge in [0.05, 0.1) is 23.1 Å². The van der Waals surface area contributed by atoms with Crippen LogP contribution >= 0.6 is 23.2 Å². The van der Waals surface area contributed by atoms with E-state index in [0.29, 0.717) is 16.7 Å². The van der Waals surface area contributed by atoms with E-state index in [1.165, 1.54) is 19.6 Å². The largest absolute Gasteiger partial charge is 0.384 e. The highest BCUT2D eigenvalue weighted by Crippen LogP contribution is 2.23. The highest BCUT2D eigenvalue weighted by molar-refractivity contribution is 6.42. The van der Waals surface area contributed by atoms with Gasteiger partial charge in [-0.3, -0.25) is 4.79 Å². The number of halogens is 2. The zero-order valence-corrected chi connectivity index (χ0v) is 10.3. The zero-order chi connectivity index (χ0) is 12.0. The fraction of sp³-hybridized carbons (Fsp3) is 0.167. The lowest BCUT2D eigenvalue weighted by Crippen LogP contribution is -1.99. The Labute approximate surface area is 105 Å². The Morgan fingerprint density at radius 2 is 2.12 bits per heavy atom. The van der Waals surface area contributed by atoms with Gasteiger partial charge in [-0.1, -0.05) is 35.3 Å². The molecule has 0 saturated carbocycles. The molecule has 85 valence electrons. The third-order valence-electron chi connectivity index (χ3n) is 1.83. The van der Waals surface area contributed by atoms with E-state index in [1.807, 2.05) is 0 Å². The van der Waals surface area contributed by atoms with Crippen LogP contribution in [0, 0.1) is 6.42 Å². The van der Waals surface area contributed by atoms with E-state index in [1.54, 1.807) is 24.3 Å². The highest BCUT2D eigenvalue weighted by Gasteiger charge is 1.99. The monoisotopic (exact) mass is 257 g/mol. The number of hydrogen-bond acceptors (Lipinski definition) is 2. The van der Waals surface area contributed by atoms with E-state index in [0.717, 1.165) is 5.56 Å². The van der Waals surface area contributed by atoms with Gasteiger partial charge in [0.25, 0.3) is 0 Å². The predicted octanol–water partition coefficient (Wildman–Crippen LogP) is 3.43. The molecule has 1 radical (unpaired) electrons. The van der Waals surface area contributed by atoms with Gasteiger partial charge < -0.3 is 4.74 Å². The molecule has 0 fully saturated rings. The van der Waals surface area contributed by atoms with Crippen LogP contribution in [0.25, 0.3) is 6.08 Å². The summed E-state index contributed by atoms with van der Waals surface area (Å²) in [5.74, 6) is -0.104. The molecule has 2 nitrogen and oxygen atoms in total. The van der Waals surface area contributed by atoms with E-state index in [-0.39, 0.29) is 5.78 Å². The van der Waals surface area contributed by atoms with E-state index in [9.17, 15) is 4.79 Å². The standard InChI is InChI=1S/C12H11Cl2O2/c1-16-7-6-10(15)4-2-9-3-5-11(13)12(14)8-9/h2-6,8H,7H2,1H3/b4-2+. The van der Waals surface area contributed by atoms with Crippen molar-refractivity contribution >= 4 is 35.1 Å². The van der Waals surface area contributed by atoms with E-state index < -0.39 is 0 Å². The van der Waals surface area contributed by atoms with Gasteiger partial charge in [-0.2, -0.15) is 0 Å². The molecule has 16 heavy (non-hydrogen) atoms. The number of ketones is 1. The first-order chi connectivity index (χ1) is 7.63. The Kier molecular flexibility index (Phi) is 5.53. The first-order valence-electron chi connectivity index (χ1n) is 4.62. The molecule has 0 bridgehead atoms. The number of rotatable bonds is 5. The van der Waals surface area contributed by atoms with Crippen LogP contribution in [0.1, 0.15) is 5.56 Å². The number of methoxy groups -OCH3 is 1. The molecule has 0 unspecified atom stereocenters. The summed E-state index contributed by atoms with van der Waals surface area (Å²) in [6.45, 7) is 0.310. The minimum Gasteiger partial charge on any atom is -0.384 e. The maximum absolute atomic E-state index is 11.2. The molecule has 1 aromatic rings. The third kappa shape index (κ3) is 4.35. The molecule has 0 aliphatic carbocycles. The summed E-state index contributed by atoms with van der Waals surface area (Å²) in [5, 5.41) is 0.966. The average molecular weight is 258 g/mol. The molecule has 4 heteroatoms. The van der Waals surface area contributed by atoms with Crippen molar-refractivity contribution in [1.29, 1.82) is 0 Å². The van der Waals surface area contributed by atoms with E-state index in [2.05, 4.69) is 0 Å². The van der Waals surface area contributed by atoms with Crippen LogP contribution in [0.2, 0.25) is 10.0 Å². The van der Waals surface area contributed by atoms with Crippen molar-refractivity contribution < 1.29 is 9.53 Å². The number of hydrogen-bond donors (Lipinski definition) is 0. The van der Waals surface area contributed by atoms with Gasteiger partial charge in [0, 0.05) is 7.11 Å². The predicted molar refractivity (Wildman–Crippen MR) is 66.7 cm³/mol. The molecule has 0 spiro atoms. The van der Waals surface area contributed by atoms with Crippen molar-refractivity contribution in [2.45, 2.75) is 0 Å². The Hall–Kier alpha value is -0.830. The summed E-state index contributed by atoms with van der Waals surface area (Å²) in [7, 11) is 1.53. The van der Waals surface area contributed by atoms with E-state index >= 15 is 0 Å². The van der Waals surface area contributed by atoms with Gasteiger partial charge in [0.2, 0.25) is 0 Å². The first kappa shape index (κ1) is 13.2. The van der Waals surface area contributed by atoms with Crippen molar-refractivity contribution in [3.63, 3.8) is 0 Å². The molecule has 0 heterocycles. The molecule has 0 aromatic heterocycles. The zero-order valence-electron chi connectivity index (χ0n) is 8.74. The van der Waals surface area contributed by atoms with Crippen LogP contribution in [-0.2, 0) is 9.53 Å². The SMILES string of the molecule is COC[CH]C(=O)/C=C/c1ccc(Cl)c(Cl)c1. The number of ether oxygens (including phenoxy) is 1. The van der Waals surface area contributed by atoms with Crippen LogP contribution in [-0.4, -0.2) is 19.5 Å². The smallest absolute Gasteiger partial charge is 0.161 e. The van der Waals surface area contributed by atoms with E-state index in [4.69, 9.17) is 27.9 Å². The second kappa shape index (κ2) is 6.69. The van der Waals surface area contributed by atoms with Crippen LogP contribution < -0.4 is 0 Å². The molecule has 0 N–H and O–H groups in total. The first-order valence-corrected chi connectivity index (χ1v) is 5.38. The van der Waals surface area contributed by atoms with Crippen molar-refractivity contribution in [3.05, 3.63) is 46.3 Å². The van der Waals surface area contributed by atoms with Gasteiger partial charge in [-0.15, -0.1) is 0 Å². The highest BCUT2D eigenvalue weighted by atomic mass is 35.5. The maximum atomic E-state index is 11.2. The van der Waals surface area contributed by atoms with Crippen molar-refractivity contribution in [2.24, 2.45) is 0 Å². The Bertz CT molecular complexity index is 400. The third-order valence-corrected chi connectivity index (χ3v) is 2.57. The molecule has 0 saturated heterocycles. The fourth-order valence-electron chi connectivity index (χ4n) is 1.03. The molecule has 0 atom stereocenters. The summed E-state index contributed by atoms with van der Waals surface area (Å²) < 4.78 is 4.75. The van der Waals surface area contributed by atoms with Gasteiger partial charge >= 0.3 is 0 Å². The molecule has 1 rings (SSSR count). The normalized spacial score (nSPS) is 10.9. The molecule has 1 aromatic carbocycles. The quantitative estimate of drug-likeness (QED) is 0.756. The molecular weight excluding hydrogens is 247 g/mol. The lowest BCUT2D eigenvalue weighted by Gasteiger charge is -1.97. The van der Waals surface area contributed by atoms with Crippen LogP contribution in [0.4, 0.5) is 0 Å². The number of allylic oxidation sites excluding steroid dienone is 1. The second-order valence-corrected chi connectivity index (χ2v) is 3.88. The number of carbonyl (C=O) groups excluding carboxylic acids is 1. The molecule has 0 aliphatic rings. The Morgan fingerprint density at radius 3 is 2.75 bits per heavy atom. The molecule has 0 amide bonds. The molecular formula is C12H11Cl2O2. The Balaban J connectivity index is 2.62. The molecule has 0 aliphatic heterocycles. The van der Waals surface area contributed by atoms with Crippen LogP contribution in [0.15, 0.2) is 24.3 Å². The van der Waals surface area contributed by atoms with Gasteiger partial charge in [0.1, 0.15) is 0 Å². The van der Waals surface area contributed by atoms with Crippen molar-refractivity contribution in [1.82, 2.24) is 0 Å². The van der Waals surface area contributed by atoms with Gasteiger partial charge in [0.15, 0.2) is 5.78 Å². The van der Waals surface area contributed by atoms with Gasteiger partial charge in [-0.05, 0) is 23.8 Å². The fourth-order valence-corrected chi connectivity index (χ4v) is 1.33. The summed E-state index contributed by atoms with van der Waals surface area (Å²) >= 11 is 11.6. The van der Waals surface area contributed by atoms with Gasteiger partial charge in [-0.25, -0.2) is 0 Å². The maximum Gasteiger partial charge on any atom is 0.161 e. The second-order valence-electron chi connectivity index (χ2n) is 3.07. The van der Waals surface area contributed by atoms with Crippen LogP contribution in [0.5, 0.6) is 0 Å².